The highest BCUT2D eigenvalue weighted by Gasteiger charge is 2.34. The molecule has 0 fully saturated rings. The molecule has 0 spiro atoms. The van der Waals surface area contributed by atoms with Gasteiger partial charge in [-0.15, -0.1) is 11.3 Å². The number of carbonyl (C=O) groups excluding carboxylic acids is 1. The zero-order chi connectivity index (χ0) is 22.9. The molecular weight excluding hydrogens is 436 g/mol. The van der Waals surface area contributed by atoms with Crippen molar-refractivity contribution in [2.24, 2.45) is 0 Å². The van der Waals surface area contributed by atoms with E-state index < -0.39 is 16.0 Å². The lowest BCUT2D eigenvalue weighted by Gasteiger charge is -2.28. The molecule has 0 unspecified atom stereocenters. The van der Waals surface area contributed by atoms with E-state index in [2.05, 4.69) is 22.6 Å². The number of hydrogen-bond donors (Lipinski definition) is 1. The van der Waals surface area contributed by atoms with Gasteiger partial charge in [-0.05, 0) is 62.4 Å². The summed E-state index contributed by atoms with van der Waals surface area (Å²) in [5.41, 5.74) is 4.50. The third-order valence-corrected chi connectivity index (χ3v) is 8.99. The lowest BCUT2D eigenvalue weighted by Crippen LogP contribution is -2.31. The van der Waals surface area contributed by atoms with Gasteiger partial charge in [-0.25, -0.2) is 17.9 Å². The first-order chi connectivity index (χ1) is 14.6. The maximum absolute atomic E-state index is 12.9. The maximum atomic E-state index is 12.9. The molecule has 0 bridgehead atoms. The molecule has 1 N–H and O–H groups in total. The minimum Gasteiger partial charge on any atom is -0.496 e. The highest BCUT2D eigenvalue weighted by molar-refractivity contribution is 7.91. The summed E-state index contributed by atoms with van der Waals surface area (Å²) in [7, 11) is -0.850. The van der Waals surface area contributed by atoms with Crippen LogP contribution in [0.5, 0.6) is 5.75 Å². The molecule has 7 nitrogen and oxygen atoms in total. The smallest absolute Gasteiger partial charge is 0.340 e. The Morgan fingerprint density at radius 1 is 1.23 bits per heavy atom. The highest BCUT2D eigenvalue weighted by Crippen LogP contribution is 2.37. The molecule has 0 aliphatic carbocycles. The zero-order valence-corrected chi connectivity index (χ0v) is 20.5. The number of methoxy groups -OCH3 is 2. The number of esters is 1. The number of ether oxygens (including phenoxy) is 2. The second-order valence-electron chi connectivity index (χ2n) is 8.07. The van der Waals surface area contributed by atoms with Crippen LogP contribution in [0.2, 0.25) is 0 Å². The first-order valence-corrected chi connectivity index (χ1v) is 12.5. The van der Waals surface area contributed by atoms with Crippen LogP contribution in [0.15, 0.2) is 16.3 Å². The molecule has 1 aliphatic rings. The summed E-state index contributed by atoms with van der Waals surface area (Å²) >= 11 is 1.17. The number of benzene rings is 1. The number of nitrogens with zero attached hydrogens (tertiary/aromatic N) is 1. The molecule has 1 aromatic carbocycles. The van der Waals surface area contributed by atoms with E-state index in [0.29, 0.717) is 13.0 Å². The van der Waals surface area contributed by atoms with E-state index >= 15 is 0 Å². The Bertz CT molecular complexity index is 1090. The Morgan fingerprint density at radius 3 is 2.55 bits per heavy atom. The second kappa shape index (κ2) is 9.28. The maximum Gasteiger partial charge on any atom is 0.340 e. The van der Waals surface area contributed by atoms with Gasteiger partial charge in [0.25, 0.3) is 10.0 Å². The van der Waals surface area contributed by atoms with Crippen LogP contribution in [-0.4, -0.2) is 46.1 Å². The average Bonchev–Trinajstić information content (AvgIpc) is 3.10. The van der Waals surface area contributed by atoms with Gasteiger partial charge in [-0.3, -0.25) is 4.90 Å². The summed E-state index contributed by atoms with van der Waals surface area (Å²) < 4.78 is 38.7. The largest absolute Gasteiger partial charge is 0.496 e. The Balaban J connectivity index is 1.93. The Morgan fingerprint density at radius 2 is 1.94 bits per heavy atom. The Kier molecular flexibility index (Phi) is 7.10. The SMILES string of the molecule is COC(=O)c1c(S(=O)(=O)NC(C)C)sc2c1CCN(Cc1ccc(OC)c(C)c1C)C2. The molecule has 9 heteroatoms. The molecule has 0 atom stereocenters. The summed E-state index contributed by atoms with van der Waals surface area (Å²) in [5.74, 6) is 0.271. The summed E-state index contributed by atoms with van der Waals surface area (Å²) in [6.45, 7) is 9.71. The van der Waals surface area contributed by atoms with Crippen LogP contribution >= 0.6 is 11.3 Å². The molecule has 1 aliphatic heterocycles. The quantitative estimate of drug-likeness (QED) is 0.630. The first kappa shape index (κ1) is 23.7. The molecule has 0 radical (unpaired) electrons. The molecular formula is C22H30N2O5S2. The third kappa shape index (κ3) is 4.79. The van der Waals surface area contributed by atoms with Crippen LogP contribution < -0.4 is 9.46 Å². The second-order valence-corrected chi connectivity index (χ2v) is 11.1. The fraction of sp³-hybridized carbons (Fsp3) is 0.500. The fourth-order valence-corrected chi connectivity index (χ4v) is 7.11. The van der Waals surface area contributed by atoms with E-state index in [1.807, 2.05) is 13.0 Å². The van der Waals surface area contributed by atoms with Crippen LogP contribution in [-0.2, 0) is 34.3 Å². The van der Waals surface area contributed by atoms with Gasteiger partial charge in [0.15, 0.2) is 0 Å². The van der Waals surface area contributed by atoms with Crippen molar-refractivity contribution in [3.05, 3.63) is 44.8 Å². The summed E-state index contributed by atoms with van der Waals surface area (Å²) in [6, 6.07) is 3.79. The van der Waals surface area contributed by atoms with Gasteiger partial charge in [-0.1, -0.05) is 6.07 Å². The standard InChI is InChI=1S/C22H30N2O5S2/c1-13(2)23-31(26,27)22-20(21(25)29-6)17-9-10-24(12-19(17)30-22)11-16-7-8-18(28-5)15(4)14(16)3/h7-8,13,23H,9-12H2,1-6H3. The van der Waals surface area contributed by atoms with Crippen LogP contribution in [0.25, 0.3) is 0 Å². The van der Waals surface area contributed by atoms with Gasteiger partial charge in [0.05, 0.1) is 19.8 Å². The number of fused-ring (bicyclic) bond motifs is 1. The molecule has 2 aromatic rings. The Labute approximate surface area is 188 Å². The van der Waals surface area contributed by atoms with E-state index in [1.165, 1.54) is 29.6 Å². The minimum atomic E-state index is -3.80. The van der Waals surface area contributed by atoms with Gasteiger partial charge in [-0.2, -0.15) is 0 Å². The van der Waals surface area contributed by atoms with Crippen molar-refractivity contribution in [2.75, 3.05) is 20.8 Å². The van der Waals surface area contributed by atoms with E-state index in [4.69, 9.17) is 9.47 Å². The summed E-state index contributed by atoms with van der Waals surface area (Å²) in [4.78, 5) is 15.7. The molecule has 31 heavy (non-hydrogen) atoms. The lowest BCUT2D eigenvalue weighted by atomic mass is 9.99. The number of thiophene rings is 1. The van der Waals surface area contributed by atoms with Crippen molar-refractivity contribution in [1.29, 1.82) is 0 Å². The van der Waals surface area contributed by atoms with Crippen molar-refractivity contribution < 1.29 is 22.7 Å². The van der Waals surface area contributed by atoms with E-state index in [9.17, 15) is 13.2 Å². The number of rotatable bonds is 7. The number of carbonyl (C=O) groups is 1. The zero-order valence-electron chi connectivity index (χ0n) is 18.9. The molecule has 170 valence electrons. The number of sulfonamides is 1. The predicted molar refractivity (Wildman–Crippen MR) is 121 cm³/mol. The number of hydrogen-bond acceptors (Lipinski definition) is 7. The van der Waals surface area contributed by atoms with Gasteiger partial charge in [0, 0.05) is 30.6 Å². The summed E-state index contributed by atoms with van der Waals surface area (Å²) in [5, 5.41) is 0. The van der Waals surface area contributed by atoms with Gasteiger partial charge in [0.1, 0.15) is 9.96 Å². The lowest BCUT2D eigenvalue weighted by molar-refractivity contribution is 0.0595. The predicted octanol–water partition coefficient (Wildman–Crippen LogP) is 3.41. The topological polar surface area (TPSA) is 84.9 Å². The monoisotopic (exact) mass is 466 g/mol. The first-order valence-electron chi connectivity index (χ1n) is 10.2. The highest BCUT2D eigenvalue weighted by atomic mass is 32.2. The van der Waals surface area contributed by atoms with Crippen molar-refractivity contribution in [1.82, 2.24) is 9.62 Å². The molecule has 2 heterocycles. The van der Waals surface area contributed by atoms with E-state index in [1.54, 1.807) is 21.0 Å². The van der Waals surface area contributed by atoms with Crippen LogP contribution in [0, 0.1) is 13.8 Å². The van der Waals surface area contributed by atoms with Crippen LogP contribution in [0.4, 0.5) is 0 Å². The van der Waals surface area contributed by atoms with Crippen LogP contribution in [0.3, 0.4) is 0 Å². The average molecular weight is 467 g/mol. The molecule has 3 rings (SSSR count). The minimum absolute atomic E-state index is 0.0522. The molecule has 1 aromatic heterocycles. The van der Waals surface area contributed by atoms with Crippen LogP contribution in [0.1, 0.15) is 51.3 Å². The van der Waals surface area contributed by atoms with Crippen molar-refractivity contribution in [3.8, 4) is 5.75 Å². The molecule has 0 amide bonds. The van der Waals surface area contributed by atoms with Crippen molar-refractivity contribution in [3.63, 3.8) is 0 Å². The normalized spacial score (nSPS) is 14.5. The van der Waals surface area contributed by atoms with Crippen molar-refractivity contribution >= 4 is 27.3 Å². The van der Waals surface area contributed by atoms with Crippen molar-refractivity contribution in [2.45, 2.75) is 57.5 Å². The van der Waals surface area contributed by atoms with Gasteiger partial charge >= 0.3 is 5.97 Å². The number of nitrogens with one attached hydrogen (secondary N) is 1. The van der Waals surface area contributed by atoms with E-state index in [-0.39, 0.29) is 15.8 Å². The molecule has 0 saturated carbocycles. The third-order valence-electron chi connectivity index (χ3n) is 5.59. The molecule has 0 saturated heterocycles. The van der Waals surface area contributed by atoms with Gasteiger partial charge in [0.2, 0.25) is 0 Å². The Hall–Kier alpha value is -1.94. The summed E-state index contributed by atoms with van der Waals surface area (Å²) in [6.07, 6.45) is 0.599. The van der Waals surface area contributed by atoms with E-state index in [0.717, 1.165) is 34.8 Å². The fourth-order valence-electron chi connectivity index (χ4n) is 3.91. The van der Waals surface area contributed by atoms with Gasteiger partial charge < -0.3 is 9.47 Å².